The van der Waals surface area contributed by atoms with Crippen molar-refractivity contribution in [3.05, 3.63) is 29.6 Å². The van der Waals surface area contributed by atoms with E-state index in [0.717, 1.165) is 50.3 Å². The Morgan fingerprint density at radius 1 is 1.25 bits per heavy atom. The molecular formula is C13H17ClFN. The van der Waals surface area contributed by atoms with Gasteiger partial charge in [0.2, 0.25) is 0 Å². The molecular weight excluding hydrogens is 225 g/mol. The third kappa shape index (κ3) is 2.67. The van der Waals surface area contributed by atoms with Crippen LogP contribution in [0.15, 0.2) is 18.2 Å². The molecule has 0 N–H and O–H groups in total. The highest BCUT2D eigenvalue weighted by Gasteiger charge is 2.18. The van der Waals surface area contributed by atoms with Crippen LogP contribution in [0.2, 0.25) is 0 Å². The minimum atomic E-state index is -0.133. The second-order valence-corrected chi connectivity index (χ2v) is 4.64. The van der Waals surface area contributed by atoms with Crippen molar-refractivity contribution in [3.8, 4) is 0 Å². The smallest absolute Gasteiger partial charge is 0.125 e. The van der Waals surface area contributed by atoms with Crippen molar-refractivity contribution in [2.45, 2.75) is 25.7 Å². The molecule has 0 saturated heterocycles. The summed E-state index contributed by atoms with van der Waals surface area (Å²) in [6.07, 6.45) is 4.42. The van der Waals surface area contributed by atoms with Gasteiger partial charge in [0, 0.05) is 24.7 Å². The number of unbranched alkanes of at least 4 members (excludes halogenated alkanes) is 2. The molecule has 0 spiro atoms. The molecule has 1 nitrogen and oxygen atoms in total. The van der Waals surface area contributed by atoms with Crippen molar-refractivity contribution < 1.29 is 4.39 Å². The van der Waals surface area contributed by atoms with Gasteiger partial charge in [-0.05, 0) is 37.0 Å². The number of nitrogens with zero attached hydrogens (tertiary/aromatic N) is 1. The van der Waals surface area contributed by atoms with Crippen LogP contribution in [0.1, 0.15) is 24.8 Å². The predicted molar refractivity (Wildman–Crippen MR) is 66.9 cm³/mol. The number of halogens is 2. The number of rotatable bonds is 5. The lowest BCUT2D eigenvalue weighted by atomic mass is 10.1. The molecule has 0 saturated carbocycles. The van der Waals surface area contributed by atoms with E-state index in [9.17, 15) is 4.39 Å². The molecule has 1 aromatic carbocycles. The van der Waals surface area contributed by atoms with Gasteiger partial charge in [-0.2, -0.15) is 0 Å². The molecule has 0 unspecified atom stereocenters. The first-order chi connectivity index (χ1) is 7.81. The number of anilines is 1. The SMILES string of the molecule is Fc1ccc2c(c1)N(CCCCCCl)CC2. The Morgan fingerprint density at radius 2 is 2.12 bits per heavy atom. The summed E-state index contributed by atoms with van der Waals surface area (Å²) < 4.78 is 13.1. The van der Waals surface area contributed by atoms with Crippen LogP contribution in [0.3, 0.4) is 0 Å². The van der Waals surface area contributed by atoms with Crippen molar-refractivity contribution in [3.63, 3.8) is 0 Å². The summed E-state index contributed by atoms with van der Waals surface area (Å²) in [4.78, 5) is 2.28. The molecule has 88 valence electrons. The van der Waals surface area contributed by atoms with Crippen LogP contribution in [-0.2, 0) is 6.42 Å². The third-order valence-electron chi connectivity index (χ3n) is 3.10. The van der Waals surface area contributed by atoms with Gasteiger partial charge in [-0.1, -0.05) is 12.5 Å². The molecule has 0 aliphatic carbocycles. The Labute approximate surface area is 101 Å². The Kier molecular flexibility index (Phi) is 4.05. The second-order valence-electron chi connectivity index (χ2n) is 4.26. The number of hydrogen-bond donors (Lipinski definition) is 0. The van der Waals surface area contributed by atoms with E-state index in [4.69, 9.17) is 11.6 Å². The number of alkyl halides is 1. The topological polar surface area (TPSA) is 3.24 Å². The Balaban J connectivity index is 1.92. The summed E-state index contributed by atoms with van der Waals surface area (Å²) in [5.74, 6) is 0.608. The van der Waals surface area contributed by atoms with E-state index >= 15 is 0 Å². The van der Waals surface area contributed by atoms with E-state index in [1.165, 1.54) is 5.56 Å². The molecule has 1 heterocycles. The fraction of sp³-hybridized carbons (Fsp3) is 0.538. The summed E-state index contributed by atoms with van der Waals surface area (Å²) in [6, 6.07) is 5.11. The lowest BCUT2D eigenvalue weighted by Gasteiger charge is -2.19. The largest absolute Gasteiger partial charge is 0.371 e. The quantitative estimate of drug-likeness (QED) is 0.563. The van der Waals surface area contributed by atoms with Gasteiger partial charge in [-0.15, -0.1) is 11.6 Å². The molecule has 0 amide bonds. The van der Waals surface area contributed by atoms with Gasteiger partial charge in [-0.25, -0.2) is 4.39 Å². The van der Waals surface area contributed by atoms with E-state index in [2.05, 4.69) is 4.90 Å². The summed E-state index contributed by atoms with van der Waals surface area (Å²) in [6.45, 7) is 2.05. The lowest BCUT2D eigenvalue weighted by Crippen LogP contribution is -2.21. The van der Waals surface area contributed by atoms with Crippen molar-refractivity contribution in [2.75, 3.05) is 23.9 Å². The van der Waals surface area contributed by atoms with Crippen LogP contribution in [0.4, 0.5) is 10.1 Å². The van der Waals surface area contributed by atoms with Crippen LogP contribution in [0.5, 0.6) is 0 Å². The average Bonchev–Trinajstić information content (AvgIpc) is 2.67. The van der Waals surface area contributed by atoms with Crippen LogP contribution < -0.4 is 4.90 Å². The maximum Gasteiger partial charge on any atom is 0.125 e. The average molecular weight is 242 g/mol. The highest BCUT2D eigenvalue weighted by molar-refractivity contribution is 6.17. The molecule has 0 atom stereocenters. The molecule has 2 rings (SSSR count). The zero-order valence-corrected chi connectivity index (χ0v) is 10.1. The minimum absolute atomic E-state index is 0.133. The molecule has 0 bridgehead atoms. The summed E-state index contributed by atoms with van der Waals surface area (Å²) in [7, 11) is 0. The molecule has 0 radical (unpaired) electrons. The molecule has 0 fully saturated rings. The van der Waals surface area contributed by atoms with Crippen molar-refractivity contribution in [2.24, 2.45) is 0 Å². The van der Waals surface area contributed by atoms with Gasteiger partial charge in [0.1, 0.15) is 5.82 Å². The molecule has 1 aliphatic rings. The van der Waals surface area contributed by atoms with E-state index in [1.807, 2.05) is 6.07 Å². The van der Waals surface area contributed by atoms with Gasteiger partial charge < -0.3 is 4.90 Å². The Bertz CT molecular complexity index is 354. The van der Waals surface area contributed by atoms with Crippen molar-refractivity contribution >= 4 is 17.3 Å². The number of benzene rings is 1. The highest BCUT2D eigenvalue weighted by atomic mass is 35.5. The fourth-order valence-corrected chi connectivity index (χ4v) is 2.41. The first-order valence-electron chi connectivity index (χ1n) is 5.90. The minimum Gasteiger partial charge on any atom is -0.371 e. The monoisotopic (exact) mass is 241 g/mol. The van der Waals surface area contributed by atoms with E-state index < -0.39 is 0 Å². The zero-order chi connectivity index (χ0) is 11.4. The third-order valence-corrected chi connectivity index (χ3v) is 3.37. The molecule has 1 aliphatic heterocycles. The first kappa shape index (κ1) is 11.7. The Morgan fingerprint density at radius 3 is 2.94 bits per heavy atom. The molecule has 1 aromatic rings. The van der Waals surface area contributed by atoms with E-state index in [-0.39, 0.29) is 5.82 Å². The van der Waals surface area contributed by atoms with Gasteiger partial charge in [0.05, 0.1) is 0 Å². The lowest BCUT2D eigenvalue weighted by molar-refractivity contribution is 0.626. The molecule has 0 aromatic heterocycles. The highest BCUT2D eigenvalue weighted by Crippen LogP contribution is 2.28. The number of fused-ring (bicyclic) bond motifs is 1. The van der Waals surface area contributed by atoms with Crippen LogP contribution >= 0.6 is 11.6 Å². The van der Waals surface area contributed by atoms with Gasteiger partial charge in [0.15, 0.2) is 0 Å². The van der Waals surface area contributed by atoms with Crippen molar-refractivity contribution in [1.82, 2.24) is 0 Å². The van der Waals surface area contributed by atoms with E-state index in [1.54, 1.807) is 12.1 Å². The van der Waals surface area contributed by atoms with Gasteiger partial charge in [-0.3, -0.25) is 0 Å². The summed E-state index contributed by atoms with van der Waals surface area (Å²) in [5.41, 5.74) is 2.37. The van der Waals surface area contributed by atoms with Crippen LogP contribution in [0, 0.1) is 5.82 Å². The standard InChI is InChI=1S/C13H17ClFN/c14-7-2-1-3-8-16-9-6-11-4-5-12(15)10-13(11)16/h4-5,10H,1-3,6-9H2. The Hall–Kier alpha value is -0.760. The maximum atomic E-state index is 13.1. The van der Waals surface area contributed by atoms with Crippen LogP contribution in [0.25, 0.3) is 0 Å². The number of hydrogen-bond acceptors (Lipinski definition) is 1. The molecule has 16 heavy (non-hydrogen) atoms. The van der Waals surface area contributed by atoms with Crippen LogP contribution in [-0.4, -0.2) is 19.0 Å². The first-order valence-corrected chi connectivity index (χ1v) is 6.44. The summed E-state index contributed by atoms with van der Waals surface area (Å²) >= 11 is 5.64. The maximum absolute atomic E-state index is 13.1. The van der Waals surface area contributed by atoms with E-state index in [0.29, 0.717) is 0 Å². The normalized spacial score (nSPS) is 14.2. The summed E-state index contributed by atoms with van der Waals surface area (Å²) in [5, 5.41) is 0. The predicted octanol–water partition coefficient (Wildman–Crippen LogP) is 3.60. The molecule has 3 heteroatoms. The fourth-order valence-electron chi connectivity index (χ4n) is 2.22. The second kappa shape index (κ2) is 5.53. The van der Waals surface area contributed by atoms with Gasteiger partial charge >= 0.3 is 0 Å². The zero-order valence-electron chi connectivity index (χ0n) is 9.38. The van der Waals surface area contributed by atoms with Crippen molar-refractivity contribution in [1.29, 1.82) is 0 Å². The van der Waals surface area contributed by atoms with Gasteiger partial charge in [0.25, 0.3) is 0 Å².